The second-order valence-electron chi connectivity index (χ2n) is 8.04. The van der Waals surface area contributed by atoms with Gasteiger partial charge in [0.2, 0.25) is 0 Å². The van der Waals surface area contributed by atoms with E-state index in [0.717, 1.165) is 40.7 Å². The Morgan fingerprint density at radius 1 is 1.26 bits per heavy atom. The monoisotopic (exact) mass is 421 g/mol. The number of benzene rings is 2. The Kier molecular flexibility index (Phi) is 2.89. The smallest absolute Gasteiger partial charge is 0.196 e. The van der Waals surface area contributed by atoms with Crippen molar-refractivity contribution in [1.82, 2.24) is 4.90 Å². The van der Waals surface area contributed by atoms with Gasteiger partial charge in [0, 0.05) is 29.4 Å². The van der Waals surface area contributed by atoms with E-state index in [2.05, 4.69) is 58.4 Å². The molecule has 2 aromatic carbocycles. The van der Waals surface area contributed by atoms with Crippen molar-refractivity contribution >= 4 is 21.9 Å². The number of ether oxygens (including phenoxy) is 1. The van der Waals surface area contributed by atoms with Crippen molar-refractivity contribution in [2.75, 3.05) is 7.05 Å². The SMILES string of the molecule is CN1C2=CC3CC4(CCc5ccccc53)Oc3ccc(Br)cc3C24N=C1N. The number of likely N-dealkylation sites (N-methyl/N-ethyl adjacent to an activating group) is 1. The highest BCUT2D eigenvalue weighted by atomic mass is 79.9. The van der Waals surface area contributed by atoms with Gasteiger partial charge in [-0.3, -0.25) is 0 Å². The summed E-state index contributed by atoms with van der Waals surface area (Å²) in [6, 6.07) is 15.1. The van der Waals surface area contributed by atoms with Crippen LogP contribution in [0.3, 0.4) is 0 Å². The van der Waals surface area contributed by atoms with Crippen molar-refractivity contribution in [3.63, 3.8) is 0 Å². The molecule has 3 unspecified atom stereocenters. The highest BCUT2D eigenvalue weighted by Gasteiger charge is 2.68. The summed E-state index contributed by atoms with van der Waals surface area (Å²) in [4.78, 5) is 7.14. The molecule has 0 radical (unpaired) electrons. The van der Waals surface area contributed by atoms with Crippen LogP contribution in [-0.2, 0) is 12.0 Å². The number of halogens is 1. The average molecular weight is 422 g/mol. The minimum absolute atomic E-state index is 0.313. The van der Waals surface area contributed by atoms with Gasteiger partial charge in [-0.2, -0.15) is 0 Å². The number of allylic oxidation sites excluding steroid dienone is 1. The summed E-state index contributed by atoms with van der Waals surface area (Å²) >= 11 is 3.64. The van der Waals surface area contributed by atoms with E-state index in [4.69, 9.17) is 15.5 Å². The molecule has 0 fully saturated rings. The Morgan fingerprint density at radius 2 is 2.11 bits per heavy atom. The molecule has 0 saturated carbocycles. The van der Waals surface area contributed by atoms with Crippen molar-refractivity contribution < 1.29 is 4.74 Å². The van der Waals surface area contributed by atoms with Crippen LogP contribution in [0.5, 0.6) is 5.75 Å². The Labute approximate surface area is 166 Å². The Hall–Kier alpha value is -2.27. The number of hydrogen-bond acceptors (Lipinski definition) is 4. The lowest BCUT2D eigenvalue weighted by atomic mass is 9.65. The molecular weight excluding hydrogens is 402 g/mol. The van der Waals surface area contributed by atoms with Gasteiger partial charge in [0.25, 0.3) is 0 Å². The fraction of sp³-hybridized carbons (Fsp3) is 0.318. The van der Waals surface area contributed by atoms with Crippen LogP contribution in [-0.4, -0.2) is 23.5 Å². The fourth-order valence-electron chi connectivity index (χ4n) is 5.63. The molecule has 5 heteroatoms. The minimum atomic E-state index is -0.552. The molecule has 2 spiro atoms. The van der Waals surface area contributed by atoms with E-state index in [1.54, 1.807) is 0 Å². The molecule has 4 nitrogen and oxygen atoms in total. The summed E-state index contributed by atoms with van der Waals surface area (Å²) in [6.45, 7) is 0. The van der Waals surface area contributed by atoms with Gasteiger partial charge in [-0.25, -0.2) is 4.99 Å². The summed E-state index contributed by atoms with van der Waals surface area (Å²) < 4.78 is 7.83. The largest absolute Gasteiger partial charge is 0.483 e. The zero-order valence-corrected chi connectivity index (χ0v) is 16.7. The number of fused-ring (bicyclic) bond motifs is 4. The van der Waals surface area contributed by atoms with E-state index in [1.807, 2.05) is 18.0 Å². The number of guanidine groups is 1. The number of nitrogens with zero attached hydrogens (tertiary/aromatic N) is 2. The molecule has 0 aromatic heterocycles. The predicted octanol–water partition coefficient (Wildman–Crippen LogP) is 4.05. The lowest BCUT2D eigenvalue weighted by Crippen LogP contribution is -2.54. The van der Waals surface area contributed by atoms with Gasteiger partial charge >= 0.3 is 0 Å². The topological polar surface area (TPSA) is 50.8 Å². The summed E-state index contributed by atoms with van der Waals surface area (Å²) in [5.74, 6) is 1.81. The number of hydrogen-bond donors (Lipinski definition) is 1. The van der Waals surface area contributed by atoms with Crippen LogP contribution in [0.1, 0.15) is 35.4 Å². The molecule has 2 aliphatic carbocycles. The number of rotatable bonds is 0. The number of aryl methyl sites for hydroxylation is 1. The molecule has 2 bridgehead atoms. The van der Waals surface area contributed by atoms with Gasteiger partial charge < -0.3 is 15.4 Å². The zero-order chi connectivity index (χ0) is 18.4. The zero-order valence-electron chi connectivity index (χ0n) is 15.1. The van der Waals surface area contributed by atoms with Gasteiger partial charge in [0.15, 0.2) is 11.5 Å². The van der Waals surface area contributed by atoms with Crippen LogP contribution < -0.4 is 10.5 Å². The first-order chi connectivity index (χ1) is 13.0. The quantitative estimate of drug-likeness (QED) is 0.697. The van der Waals surface area contributed by atoms with Gasteiger partial charge in [-0.15, -0.1) is 0 Å². The number of aliphatic imine (C=N–C) groups is 1. The first kappa shape index (κ1) is 15.8. The van der Waals surface area contributed by atoms with Crippen molar-refractivity contribution in [1.29, 1.82) is 0 Å². The van der Waals surface area contributed by atoms with Crippen LogP contribution >= 0.6 is 15.9 Å². The molecular formula is C22H20BrN3O. The minimum Gasteiger partial charge on any atom is -0.483 e. The predicted molar refractivity (Wildman–Crippen MR) is 109 cm³/mol. The Balaban J connectivity index is 1.67. The van der Waals surface area contributed by atoms with Crippen LogP contribution in [0.25, 0.3) is 0 Å². The third-order valence-electron chi connectivity index (χ3n) is 6.82. The Morgan fingerprint density at radius 3 is 3.00 bits per heavy atom. The second-order valence-corrected chi connectivity index (χ2v) is 8.95. The van der Waals surface area contributed by atoms with Gasteiger partial charge in [0.05, 0.1) is 5.70 Å². The standard InChI is InChI=1S/C22H20BrN3O/c1-26-19-10-14-12-21(9-8-13-4-2-3-5-16(13)14)22(19,25-20(26)24)17-11-15(23)6-7-18(17)27-21/h2-7,10-11,14H,8-9,12H2,1H3,(H2,24,25). The normalized spacial score (nSPS) is 32.4. The summed E-state index contributed by atoms with van der Waals surface area (Å²) in [5, 5.41) is 0. The molecule has 2 N–H and O–H groups in total. The van der Waals surface area contributed by atoms with Crippen LogP contribution in [0, 0.1) is 0 Å². The van der Waals surface area contributed by atoms with Crippen LogP contribution in [0.15, 0.2) is 63.7 Å². The maximum atomic E-state index is 6.79. The van der Waals surface area contributed by atoms with E-state index in [9.17, 15) is 0 Å². The van der Waals surface area contributed by atoms with Crippen molar-refractivity contribution in [2.45, 2.75) is 36.3 Å². The molecule has 2 heterocycles. The lowest BCUT2D eigenvalue weighted by Gasteiger charge is -2.45. The van der Waals surface area contributed by atoms with Gasteiger partial charge in [-0.05, 0) is 42.2 Å². The Bertz CT molecular complexity index is 1060. The highest BCUT2D eigenvalue weighted by molar-refractivity contribution is 9.10. The molecule has 136 valence electrons. The molecule has 4 aliphatic rings. The fourth-order valence-corrected chi connectivity index (χ4v) is 5.99. The highest BCUT2D eigenvalue weighted by Crippen LogP contribution is 2.64. The third kappa shape index (κ3) is 1.76. The molecule has 3 atom stereocenters. The third-order valence-corrected chi connectivity index (χ3v) is 7.31. The van der Waals surface area contributed by atoms with E-state index in [-0.39, 0.29) is 0 Å². The van der Waals surface area contributed by atoms with Crippen LogP contribution in [0.2, 0.25) is 0 Å². The first-order valence-electron chi connectivity index (χ1n) is 9.42. The van der Waals surface area contributed by atoms with E-state index in [1.165, 1.54) is 11.1 Å². The summed E-state index contributed by atoms with van der Waals surface area (Å²) in [6.07, 6.45) is 5.22. The van der Waals surface area contributed by atoms with Crippen molar-refractivity contribution in [2.24, 2.45) is 10.7 Å². The van der Waals surface area contributed by atoms with E-state index < -0.39 is 11.1 Å². The molecule has 6 rings (SSSR count). The summed E-state index contributed by atoms with van der Waals surface area (Å²) in [7, 11) is 2.02. The van der Waals surface area contributed by atoms with Gasteiger partial charge in [-0.1, -0.05) is 46.3 Å². The molecule has 0 amide bonds. The maximum Gasteiger partial charge on any atom is 0.196 e. The molecule has 2 aliphatic heterocycles. The van der Waals surface area contributed by atoms with Crippen molar-refractivity contribution in [3.8, 4) is 5.75 Å². The van der Waals surface area contributed by atoms with E-state index in [0.29, 0.717) is 11.9 Å². The van der Waals surface area contributed by atoms with E-state index >= 15 is 0 Å². The molecule has 0 saturated heterocycles. The summed E-state index contributed by atoms with van der Waals surface area (Å²) in [5.41, 5.74) is 10.5. The number of nitrogens with two attached hydrogens (primary N) is 1. The van der Waals surface area contributed by atoms with Gasteiger partial charge in [0.1, 0.15) is 11.4 Å². The second kappa shape index (κ2) is 4.96. The van der Waals surface area contributed by atoms with Crippen LogP contribution in [0.4, 0.5) is 0 Å². The van der Waals surface area contributed by atoms with Crippen molar-refractivity contribution in [3.05, 3.63) is 75.4 Å². The lowest BCUT2D eigenvalue weighted by molar-refractivity contribution is 0.00854. The average Bonchev–Trinajstić information content (AvgIpc) is 3.03. The maximum absolute atomic E-state index is 6.79. The first-order valence-corrected chi connectivity index (χ1v) is 10.2. The molecule has 27 heavy (non-hydrogen) atoms. The molecule has 2 aromatic rings.